The largest absolute Gasteiger partial charge is 0.318 e. The molecule has 2 aromatic carbocycles. The summed E-state index contributed by atoms with van der Waals surface area (Å²) in [7, 11) is 0. The summed E-state index contributed by atoms with van der Waals surface area (Å²) < 4.78 is 2.14. The molecule has 33 heavy (non-hydrogen) atoms. The third-order valence-corrected chi connectivity index (χ3v) is 6.09. The maximum absolute atomic E-state index is 13.4. The predicted molar refractivity (Wildman–Crippen MR) is 137 cm³/mol. The van der Waals surface area contributed by atoms with Gasteiger partial charge in [-0.25, -0.2) is 0 Å². The molecule has 1 aliphatic rings. The molecule has 168 valence electrons. The first-order chi connectivity index (χ1) is 15.5. The van der Waals surface area contributed by atoms with Gasteiger partial charge in [-0.15, -0.1) is 0 Å². The van der Waals surface area contributed by atoms with E-state index in [0.717, 1.165) is 33.8 Å². The van der Waals surface area contributed by atoms with Crippen molar-refractivity contribution in [2.24, 2.45) is 0 Å². The number of nitrogens with zero attached hydrogens (tertiary/aromatic N) is 2. The number of hydrogen-bond donors (Lipinski definition) is 1. The molecule has 1 aliphatic heterocycles. The summed E-state index contributed by atoms with van der Waals surface area (Å²) in [5.74, 6) is -0.910. The summed E-state index contributed by atoms with van der Waals surface area (Å²) in [6.45, 7) is 12.1. The van der Waals surface area contributed by atoms with E-state index in [9.17, 15) is 9.59 Å². The van der Waals surface area contributed by atoms with E-state index in [4.69, 9.17) is 12.2 Å². The number of aryl methyl sites for hydroxylation is 5. The average molecular weight is 458 g/mol. The number of anilines is 1. The molecule has 0 aliphatic carbocycles. The second kappa shape index (κ2) is 8.45. The molecule has 0 spiro atoms. The van der Waals surface area contributed by atoms with Crippen molar-refractivity contribution < 1.29 is 9.59 Å². The summed E-state index contributed by atoms with van der Waals surface area (Å²) in [5.41, 5.74) is 8.95. The molecule has 3 aromatic rings. The van der Waals surface area contributed by atoms with Gasteiger partial charge in [0.25, 0.3) is 11.8 Å². The minimum atomic E-state index is -0.484. The Labute approximate surface area is 199 Å². The van der Waals surface area contributed by atoms with Crippen LogP contribution >= 0.6 is 12.2 Å². The average Bonchev–Trinajstić information content (AvgIpc) is 2.96. The SMILES string of the molecule is Cc1cc(C)cc(N2C(=O)/C(=C/c3cc(C)n(-c4cc(C)cc(C)c4)c3C)C(=O)NC2=S)c1. The molecule has 1 saturated heterocycles. The quantitative estimate of drug-likeness (QED) is 0.336. The van der Waals surface area contributed by atoms with Crippen molar-refractivity contribution in [1.82, 2.24) is 9.88 Å². The van der Waals surface area contributed by atoms with E-state index in [-0.39, 0.29) is 10.7 Å². The molecule has 2 amide bonds. The molecule has 1 N–H and O–H groups in total. The zero-order chi connectivity index (χ0) is 24.0. The van der Waals surface area contributed by atoms with Crippen LogP contribution in [0.5, 0.6) is 0 Å². The number of nitrogens with one attached hydrogen (secondary N) is 1. The number of rotatable bonds is 3. The van der Waals surface area contributed by atoms with Crippen LogP contribution in [0.2, 0.25) is 0 Å². The van der Waals surface area contributed by atoms with E-state index in [1.807, 2.05) is 52.0 Å². The monoisotopic (exact) mass is 457 g/mol. The number of hydrogen-bond acceptors (Lipinski definition) is 3. The lowest BCUT2D eigenvalue weighted by Gasteiger charge is -2.29. The van der Waals surface area contributed by atoms with E-state index in [1.165, 1.54) is 16.0 Å². The van der Waals surface area contributed by atoms with E-state index < -0.39 is 11.8 Å². The zero-order valence-corrected chi connectivity index (χ0v) is 20.6. The van der Waals surface area contributed by atoms with Crippen LogP contribution in [0.1, 0.15) is 39.2 Å². The summed E-state index contributed by atoms with van der Waals surface area (Å²) in [5, 5.41) is 2.77. The fourth-order valence-electron chi connectivity index (χ4n) is 4.54. The topological polar surface area (TPSA) is 54.3 Å². The second-order valence-corrected chi connectivity index (χ2v) is 9.20. The van der Waals surface area contributed by atoms with Crippen molar-refractivity contribution in [3.05, 3.63) is 87.2 Å². The molecule has 0 unspecified atom stereocenters. The van der Waals surface area contributed by atoms with Gasteiger partial charge in [0, 0.05) is 17.1 Å². The first kappa shape index (κ1) is 22.7. The van der Waals surface area contributed by atoms with E-state index in [2.05, 4.69) is 41.9 Å². The highest BCUT2D eigenvalue weighted by Crippen LogP contribution is 2.27. The smallest absolute Gasteiger partial charge is 0.270 e. The van der Waals surface area contributed by atoms with Gasteiger partial charge in [0.1, 0.15) is 5.57 Å². The van der Waals surface area contributed by atoms with Crippen molar-refractivity contribution in [1.29, 1.82) is 0 Å². The molecule has 0 radical (unpaired) electrons. The predicted octanol–water partition coefficient (Wildman–Crippen LogP) is 5.16. The Hall–Kier alpha value is -3.51. The molecule has 0 atom stereocenters. The van der Waals surface area contributed by atoms with Crippen LogP contribution in [0.25, 0.3) is 11.8 Å². The molecule has 0 saturated carbocycles. The van der Waals surface area contributed by atoms with Crippen LogP contribution in [0.4, 0.5) is 5.69 Å². The normalized spacial score (nSPS) is 15.4. The summed E-state index contributed by atoms with van der Waals surface area (Å²) >= 11 is 5.35. The van der Waals surface area contributed by atoms with Crippen LogP contribution in [0.15, 0.2) is 48.0 Å². The second-order valence-electron chi connectivity index (χ2n) is 8.81. The molecule has 0 bridgehead atoms. The zero-order valence-electron chi connectivity index (χ0n) is 19.7. The Bertz CT molecular complexity index is 1320. The molecule has 6 heteroatoms. The maximum Gasteiger partial charge on any atom is 0.270 e. The van der Waals surface area contributed by atoms with Gasteiger partial charge in [0.15, 0.2) is 5.11 Å². The van der Waals surface area contributed by atoms with Gasteiger partial charge in [-0.2, -0.15) is 0 Å². The van der Waals surface area contributed by atoms with E-state index >= 15 is 0 Å². The van der Waals surface area contributed by atoms with Gasteiger partial charge in [-0.1, -0.05) is 12.1 Å². The summed E-state index contributed by atoms with van der Waals surface area (Å²) in [6.07, 6.45) is 1.66. The van der Waals surface area contributed by atoms with Crippen LogP contribution in [-0.4, -0.2) is 21.5 Å². The third kappa shape index (κ3) is 4.26. The Balaban J connectivity index is 1.79. The molecule has 4 rings (SSSR count). The molecule has 2 heterocycles. The minimum absolute atomic E-state index is 0.0587. The lowest BCUT2D eigenvalue weighted by atomic mass is 10.1. The molecule has 1 fully saturated rings. The van der Waals surface area contributed by atoms with Crippen molar-refractivity contribution in [2.45, 2.75) is 41.5 Å². The van der Waals surface area contributed by atoms with Crippen molar-refractivity contribution >= 4 is 40.9 Å². The van der Waals surface area contributed by atoms with Crippen molar-refractivity contribution in [3.63, 3.8) is 0 Å². The Morgan fingerprint density at radius 1 is 0.758 bits per heavy atom. The summed E-state index contributed by atoms with van der Waals surface area (Å²) in [6, 6.07) is 14.2. The fourth-order valence-corrected chi connectivity index (χ4v) is 4.82. The Morgan fingerprint density at radius 2 is 1.27 bits per heavy atom. The number of carbonyl (C=O) groups excluding carboxylic acids is 2. The van der Waals surface area contributed by atoms with Crippen molar-refractivity contribution in [2.75, 3.05) is 4.90 Å². The fraction of sp³-hybridized carbons (Fsp3) is 0.222. The van der Waals surface area contributed by atoms with Crippen LogP contribution in [0.3, 0.4) is 0 Å². The molecule has 5 nitrogen and oxygen atoms in total. The number of benzene rings is 2. The molecular formula is C27H27N3O2S. The highest BCUT2D eigenvalue weighted by Gasteiger charge is 2.35. The van der Waals surface area contributed by atoms with Gasteiger partial charge in [-0.05, 0) is 118 Å². The Kier molecular flexibility index (Phi) is 5.80. The van der Waals surface area contributed by atoms with Crippen LogP contribution in [0, 0.1) is 41.5 Å². The molecular weight excluding hydrogens is 430 g/mol. The van der Waals surface area contributed by atoms with E-state index in [0.29, 0.717) is 5.69 Å². The maximum atomic E-state index is 13.4. The van der Waals surface area contributed by atoms with Gasteiger partial charge in [0.2, 0.25) is 0 Å². The van der Waals surface area contributed by atoms with Crippen LogP contribution < -0.4 is 10.2 Å². The van der Waals surface area contributed by atoms with Crippen molar-refractivity contribution in [3.8, 4) is 5.69 Å². The van der Waals surface area contributed by atoms with Gasteiger partial charge >= 0.3 is 0 Å². The Morgan fingerprint density at radius 3 is 1.82 bits per heavy atom. The lowest BCUT2D eigenvalue weighted by molar-refractivity contribution is -0.122. The highest BCUT2D eigenvalue weighted by molar-refractivity contribution is 7.80. The molecule has 1 aromatic heterocycles. The first-order valence-corrected chi connectivity index (χ1v) is 11.2. The van der Waals surface area contributed by atoms with E-state index in [1.54, 1.807) is 6.08 Å². The van der Waals surface area contributed by atoms with Gasteiger partial charge in [-0.3, -0.25) is 19.8 Å². The lowest BCUT2D eigenvalue weighted by Crippen LogP contribution is -2.54. The number of amides is 2. The van der Waals surface area contributed by atoms with Gasteiger partial charge < -0.3 is 4.57 Å². The number of carbonyl (C=O) groups is 2. The number of aromatic nitrogens is 1. The summed E-state index contributed by atoms with van der Waals surface area (Å²) in [4.78, 5) is 27.6. The highest BCUT2D eigenvalue weighted by atomic mass is 32.1. The first-order valence-electron chi connectivity index (χ1n) is 10.8. The standard InChI is InChI=1S/C27H27N3O2S/c1-15-7-16(2)10-22(9-15)29-19(5)13-21(20(29)6)14-24-25(31)28-27(33)30(26(24)32)23-11-17(3)8-18(4)12-23/h7-14H,1-6H3,(H,28,31,33)/b24-14+. The van der Waals surface area contributed by atoms with Crippen LogP contribution in [-0.2, 0) is 9.59 Å². The van der Waals surface area contributed by atoms with Gasteiger partial charge in [0.05, 0.1) is 5.69 Å². The number of thiocarbonyl (C=S) groups is 1. The minimum Gasteiger partial charge on any atom is -0.318 e. The third-order valence-electron chi connectivity index (χ3n) is 5.80.